The van der Waals surface area contributed by atoms with Crippen molar-refractivity contribution in [3.63, 3.8) is 0 Å². The Bertz CT molecular complexity index is 468. The van der Waals surface area contributed by atoms with Gasteiger partial charge in [-0.25, -0.2) is 8.42 Å². The highest BCUT2D eigenvalue weighted by molar-refractivity contribution is 7.90. The van der Waals surface area contributed by atoms with Crippen molar-refractivity contribution in [2.45, 2.75) is 18.3 Å². The number of nitrogens with one attached hydrogen (secondary N) is 1. The van der Waals surface area contributed by atoms with Gasteiger partial charge in [-0.1, -0.05) is 0 Å². The Morgan fingerprint density at radius 2 is 2.27 bits per heavy atom. The summed E-state index contributed by atoms with van der Waals surface area (Å²) >= 11 is 0. The molecule has 1 saturated heterocycles. The molecule has 0 aliphatic carbocycles. The fourth-order valence-corrected chi connectivity index (χ4v) is 3.03. The van der Waals surface area contributed by atoms with Crippen molar-refractivity contribution in [2.75, 3.05) is 13.2 Å². The zero-order chi connectivity index (χ0) is 10.5. The highest BCUT2D eigenvalue weighted by Crippen LogP contribution is 2.18. The van der Waals surface area contributed by atoms with E-state index in [9.17, 15) is 8.42 Å². The second-order valence-corrected chi connectivity index (χ2v) is 5.85. The summed E-state index contributed by atoms with van der Waals surface area (Å²) in [7, 11) is -3.33. The Hall–Kier alpha value is -0.920. The highest BCUT2D eigenvalue weighted by atomic mass is 32.2. The van der Waals surface area contributed by atoms with Crippen LogP contribution in [0.3, 0.4) is 0 Å². The number of aromatic nitrogens is 2. The fraction of sp³-hybridized carbons (Fsp3) is 0.625. The summed E-state index contributed by atoms with van der Waals surface area (Å²) in [6.07, 6.45) is 1.60. The minimum absolute atomic E-state index is 0.283. The van der Waals surface area contributed by atoms with Crippen LogP contribution in [0.5, 0.6) is 0 Å². The van der Waals surface area contributed by atoms with Gasteiger partial charge in [0.1, 0.15) is 5.25 Å². The molecular formula is C8H11N3O3S. The summed E-state index contributed by atoms with van der Waals surface area (Å²) in [6, 6.07) is 0. The second-order valence-electron chi connectivity index (χ2n) is 3.78. The van der Waals surface area contributed by atoms with E-state index in [4.69, 9.17) is 4.74 Å². The van der Waals surface area contributed by atoms with Crippen LogP contribution in [0.1, 0.15) is 11.3 Å². The number of rotatable bonds is 2. The molecule has 6 nitrogen and oxygen atoms in total. The summed E-state index contributed by atoms with van der Waals surface area (Å²) in [5.74, 6) is 0. The van der Waals surface area contributed by atoms with Crippen LogP contribution in [0.4, 0.5) is 0 Å². The average Bonchev–Trinajstić information content (AvgIpc) is 2.54. The van der Waals surface area contributed by atoms with E-state index in [0.29, 0.717) is 13.1 Å². The Kier molecular flexibility index (Phi) is 1.88. The van der Waals surface area contributed by atoms with Crippen molar-refractivity contribution in [1.82, 2.24) is 14.5 Å². The third-order valence-electron chi connectivity index (χ3n) is 2.75. The number of fused-ring (bicyclic) bond motifs is 1. The van der Waals surface area contributed by atoms with E-state index in [-0.39, 0.29) is 13.2 Å². The van der Waals surface area contributed by atoms with Crippen LogP contribution in [-0.4, -0.2) is 36.1 Å². The van der Waals surface area contributed by atoms with Gasteiger partial charge in [0, 0.05) is 24.8 Å². The lowest BCUT2D eigenvalue weighted by atomic mass is 10.3. The van der Waals surface area contributed by atoms with Crippen molar-refractivity contribution in [2.24, 2.45) is 0 Å². The summed E-state index contributed by atoms with van der Waals surface area (Å²) in [6.45, 7) is 1.92. The Labute approximate surface area is 87.3 Å². The SMILES string of the molecule is O=S(=O)(C1COC1)n1cc2c(n1)CNC2. The first-order valence-corrected chi connectivity index (χ1v) is 6.28. The molecule has 0 aromatic carbocycles. The molecule has 3 heterocycles. The van der Waals surface area contributed by atoms with Crippen LogP contribution in [0.15, 0.2) is 6.20 Å². The van der Waals surface area contributed by atoms with Gasteiger partial charge in [0.2, 0.25) is 0 Å². The predicted octanol–water partition coefficient (Wildman–Crippen LogP) is -0.937. The summed E-state index contributed by atoms with van der Waals surface area (Å²) in [4.78, 5) is 0. The average molecular weight is 229 g/mol. The monoisotopic (exact) mass is 229 g/mol. The first-order chi connectivity index (χ1) is 7.18. The third-order valence-corrected chi connectivity index (χ3v) is 4.58. The summed E-state index contributed by atoms with van der Waals surface area (Å²) in [5, 5.41) is 6.76. The van der Waals surface area contributed by atoms with Crippen LogP contribution in [0, 0.1) is 0 Å². The van der Waals surface area contributed by atoms with Gasteiger partial charge < -0.3 is 10.1 Å². The second kappa shape index (κ2) is 3.03. The first kappa shape index (κ1) is 9.32. The van der Waals surface area contributed by atoms with Crippen molar-refractivity contribution in [3.8, 4) is 0 Å². The van der Waals surface area contributed by atoms with Gasteiger partial charge in [-0.15, -0.1) is 0 Å². The zero-order valence-electron chi connectivity index (χ0n) is 8.01. The molecule has 15 heavy (non-hydrogen) atoms. The van der Waals surface area contributed by atoms with Crippen LogP contribution >= 0.6 is 0 Å². The van der Waals surface area contributed by atoms with Crippen molar-refractivity contribution >= 4 is 10.0 Å². The molecule has 0 bridgehead atoms. The highest BCUT2D eigenvalue weighted by Gasteiger charge is 2.35. The topological polar surface area (TPSA) is 73.2 Å². The lowest BCUT2D eigenvalue weighted by Gasteiger charge is -2.25. The summed E-state index contributed by atoms with van der Waals surface area (Å²) in [5.41, 5.74) is 1.80. The molecule has 7 heteroatoms. The van der Waals surface area contributed by atoms with Gasteiger partial charge in [-0.05, 0) is 0 Å². The van der Waals surface area contributed by atoms with Gasteiger partial charge in [0.05, 0.1) is 18.9 Å². The van der Waals surface area contributed by atoms with E-state index in [0.717, 1.165) is 15.3 Å². The van der Waals surface area contributed by atoms with Gasteiger partial charge in [0.25, 0.3) is 10.0 Å². The molecule has 0 saturated carbocycles. The zero-order valence-corrected chi connectivity index (χ0v) is 8.83. The maximum Gasteiger partial charge on any atom is 0.261 e. The molecule has 1 aromatic heterocycles. The minimum Gasteiger partial charge on any atom is -0.378 e. The smallest absolute Gasteiger partial charge is 0.261 e. The molecule has 0 radical (unpaired) electrons. The number of ether oxygens (including phenoxy) is 1. The Morgan fingerprint density at radius 3 is 2.87 bits per heavy atom. The first-order valence-electron chi connectivity index (χ1n) is 4.78. The van der Waals surface area contributed by atoms with Crippen molar-refractivity contribution in [1.29, 1.82) is 0 Å². The Morgan fingerprint density at radius 1 is 1.47 bits per heavy atom. The molecule has 0 atom stereocenters. The number of nitrogens with zero attached hydrogens (tertiary/aromatic N) is 2. The maximum absolute atomic E-state index is 11.9. The quantitative estimate of drug-likeness (QED) is 0.708. The molecule has 3 rings (SSSR count). The van der Waals surface area contributed by atoms with E-state index in [1.165, 1.54) is 0 Å². The fourth-order valence-electron chi connectivity index (χ4n) is 1.70. The van der Waals surface area contributed by atoms with Crippen LogP contribution in [0.25, 0.3) is 0 Å². The molecule has 1 aromatic rings. The van der Waals surface area contributed by atoms with Crippen LogP contribution < -0.4 is 5.32 Å². The van der Waals surface area contributed by atoms with Gasteiger partial charge in [-0.3, -0.25) is 0 Å². The largest absolute Gasteiger partial charge is 0.378 e. The lowest BCUT2D eigenvalue weighted by Crippen LogP contribution is -2.43. The molecule has 2 aliphatic heterocycles. The van der Waals surface area contributed by atoms with Crippen molar-refractivity contribution in [3.05, 3.63) is 17.5 Å². The molecule has 0 amide bonds. The molecule has 0 unspecified atom stereocenters. The number of hydrogen-bond donors (Lipinski definition) is 1. The van der Waals surface area contributed by atoms with Crippen molar-refractivity contribution < 1.29 is 13.2 Å². The van der Waals surface area contributed by atoms with Gasteiger partial charge in [-0.2, -0.15) is 9.19 Å². The standard InChI is InChI=1S/C8H11N3O3S/c12-15(13,7-4-14-5-7)11-3-6-1-9-2-8(6)10-11/h3,7,9H,1-2,4-5H2. The molecule has 0 spiro atoms. The maximum atomic E-state index is 11.9. The lowest BCUT2D eigenvalue weighted by molar-refractivity contribution is 0.0410. The van der Waals surface area contributed by atoms with E-state index in [1.54, 1.807) is 6.20 Å². The molecule has 1 N–H and O–H groups in total. The van der Waals surface area contributed by atoms with E-state index < -0.39 is 15.3 Å². The normalized spacial score (nSPS) is 21.3. The Balaban J connectivity index is 1.98. The molecule has 82 valence electrons. The number of hydrogen-bond acceptors (Lipinski definition) is 5. The van der Waals surface area contributed by atoms with Gasteiger partial charge >= 0.3 is 0 Å². The molecule has 2 aliphatic rings. The molecule has 1 fully saturated rings. The summed E-state index contributed by atoms with van der Waals surface area (Å²) < 4.78 is 29.8. The van der Waals surface area contributed by atoms with E-state index in [1.807, 2.05) is 0 Å². The van der Waals surface area contributed by atoms with Crippen LogP contribution in [-0.2, 0) is 27.8 Å². The predicted molar refractivity (Wildman–Crippen MR) is 51.7 cm³/mol. The van der Waals surface area contributed by atoms with Crippen LogP contribution in [0.2, 0.25) is 0 Å². The van der Waals surface area contributed by atoms with E-state index >= 15 is 0 Å². The van der Waals surface area contributed by atoms with E-state index in [2.05, 4.69) is 10.4 Å². The molecular weight excluding hydrogens is 218 g/mol. The van der Waals surface area contributed by atoms with Gasteiger partial charge in [0.15, 0.2) is 0 Å². The minimum atomic E-state index is -3.33. The third kappa shape index (κ3) is 1.30.